The van der Waals surface area contributed by atoms with Gasteiger partial charge in [-0.15, -0.1) is 6.58 Å². The van der Waals surface area contributed by atoms with Crippen molar-refractivity contribution in [2.75, 3.05) is 0 Å². The Bertz CT molecular complexity index is 567. The van der Waals surface area contributed by atoms with Crippen LogP contribution in [0.25, 0.3) is 0 Å². The molecule has 1 aliphatic heterocycles. The van der Waals surface area contributed by atoms with E-state index in [2.05, 4.69) is 16.6 Å². The monoisotopic (exact) mass is 220 g/mol. The Labute approximate surface area is 88.6 Å². The molecule has 0 saturated heterocycles. The van der Waals surface area contributed by atoms with Crippen LogP contribution in [-0.4, -0.2) is 24.8 Å². The predicted octanol–water partition coefficient (Wildman–Crippen LogP) is 0.921. The van der Waals surface area contributed by atoms with Crippen molar-refractivity contribution < 1.29 is 8.42 Å². The van der Waals surface area contributed by atoms with E-state index in [0.717, 1.165) is 0 Å². The highest BCUT2D eigenvalue weighted by Gasteiger charge is 2.17. The standard InChI is InChI=1S/C10H8N2O2S/c1-2-3-10-11-8-5-4-7(15(13)14)6-9(8)12-10/h2,4-6H,1,3H2. The summed E-state index contributed by atoms with van der Waals surface area (Å²) in [5.74, 6) is 0.661. The van der Waals surface area contributed by atoms with Crippen molar-refractivity contribution in [3.05, 3.63) is 36.6 Å². The molecule has 2 rings (SSSR count). The maximum atomic E-state index is 10.7. The van der Waals surface area contributed by atoms with Crippen LogP contribution in [0, 0.1) is 0 Å². The van der Waals surface area contributed by atoms with Gasteiger partial charge in [0.2, 0.25) is 10.3 Å². The van der Waals surface area contributed by atoms with E-state index >= 15 is 0 Å². The molecule has 15 heavy (non-hydrogen) atoms. The fraction of sp³-hybridized carbons (Fsp3) is 0.100. The van der Waals surface area contributed by atoms with Crippen molar-refractivity contribution in [1.82, 2.24) is 0 Å². The van der Waals surface area contributed by atoms with Gasteiger partial charge in [-0.05, 0) is 18.2 Å². The minimum atomic E-state index is -2.22. The van der Waals surface area contributed by atoms with Crippen molar-refractivity contribution in [3.8, 4) is 0 Å². The molecule has 0 aromatic rings. The van der Waals surface area contributed by atoms with Crippen molar-refractivity contribution >= 4 is 26.7 Å². The molecule has 5 heteroatoms. The van der Waals surface area contributed by atoms with Gasteiger partial charge in [-0.25, -0.2) is 9.98 Å². The highest BCUT2D eigenvalue weighted by atomic mass is 32.2. The summed E-state index contributed by atoms with van der Waals surface area (Å²) in [6, 6.07) is 0. The fourth-order valence-electron chi connectivity index (χ4n) is 1.31. The first-order valence-electron chi connectivity index (χ1n) is 4.34. The van der Waals surface area contributed by atoms with Crippen LogP contribution in [0.2, 0.25) is 0 Å². The van der Waals surface area contributed by atoms with Crippen LogP contribution in [0.1, 0.15) is 6.42 Å². The number of fused-ring (bicyclic) bond motifs is 1. The summed E-state index contributed by atoms with van der Waals surface area (Å²) in [6.45, 7) is 3.59. The number of rotatable bonds is 2. The van der Waals surface area contributed by atoms with E-state index in [9.17, 15) is 8.42 Å². The Morgan fingerprint density at radius 2 is 2.13 bits per heavy atom. The molecule has 2 aliphatic rings. The molecule has 0 saturated carbocycles. The second-order valence-electron chi connectivity index (χ2n) is 3.02. The van der Waals surface area contributed by atoms with E-state index in [1.165, 1.54) is 12.2 Å². The Balaban J connectivity index is 2.44. The Morgan fingerprint density at radius 3 is 2.80 bits per heavy atom. The summed E-state index contributed by atoms with van der Waals surface area (Å²) in [5.41, 5.74) is 1.31. The highest BCUT2D eigenvalue weighted by molar-refractivity contribution is 7.73. The molecule has 0 amide bonds. The number of hydrogen-bond acceptors (Lipinski definition) is 4. The zero-order valence-electron chi connectivity index (χ0n) is 7.84. The van der Waals surface area contributed by atoms with Crippen LogP contribution >= 0.6 is 0 Å². The molecular weight excluding hydrogens is 212 g/mol. The van der Waals surface area contributed by atoms with E-state index in [0.29, 0.717) is 23.7 Å². The molecule has 4 nitrogen and oxygen atoms in total. The van der Waals surface area contributed by atoms with Crippen molar-refractivity contribution in [3.63, 3.8) is 0 Å². The second-order valence-corrected chi connectivity index (χ2v) is 3.96. The van der Waals surface area contributed by atoms with Gasteiger partial charge in [0.1, 0.15) is 5.84 Å². The van der Waals surface area contributed by atoms with E-state index < -0.39 is 10.3 Å². The van der Waals surface area contributed by atoms with Gasteiger partial charge in [0.15, 0.2) is 0 Å². The van der Waals surface area contributed by atoms with Crippen molar-refractivity contribution in [1.29, 1.82) is 0 Å². The summed E-state index contributed by atoms with van der Waals surface area (Å²) < 4.78 is 21.4. The van der Waals surface area contributed by atoms with E-state index in [-0.39, 0.29) is 4.86 Å². The van der Waals surface area contributed by atoms with Crippen LogP contribution in [0.5, 0.6) is 0 Å². The summed E-state index contributed by atoms with van der Waals surface area (Å²) in [6.07, 6.45) is 6.97. The zero-order valence-corrected chi connectivity index (χ0v) is 8.66. The number of nitrogens with zero attached hydrogens (tertiary/aromatic N) is 2. The molecular formula is C10H8N2O2S. The topological polar surface area (TPSA) is 58.9 Å². The largest absolute Gasteiger partial charge is 0.231 e. The summed E-state index contributed by atoms with van der Waals surface area (Å²) in [4.78, 5) is 8.64. The molecule has 1 aliphatic carbocycles. The Kier molecular flexibility index (Phi) is 2.47. The number of amidine groups is 1. The quantitative estimate of drug-likeness (QED) is 0.513. The van der Waals surface area contributed by atoms with Gasteiger partial charge >= 0.3 is 0 Å². The van der Waals surface area contributed by atoms with Gasteiger partial charge in [-0.2, -0.15) is 8.42 Å². The normalized spacial score (nSPS) is 17.9. The maximum Gasteiger partial charge on any atom is 0.221 e. The smallest absolute Gasteiger partial charge is 0.221 e. The molecule has 1 heterocycles. The third-order valence-corrected chi connectivity index (χ3v) is 2.60. The minimum absolute atomic E-state index is 0.229. The zero-order chi connectivity index (χ0) is 10.8. The van der Waals surface area contributed by atoms with Crippen molar-refractivity contribution in [2.45, 2.75) is 6.42 Å². The van der Waals surface area contributed by atoms with Gasteiger partial charge in [0.25, 0.3) is 0 Å². The maximum absolute atomic E-state index is 10.7. The van der Waals surface area contributed by atoms with Gasteiger partial charge in [0.05, 0.1) is 16.3 Å². The SMILES string of the molecule is C=CCC1=NC2=CC(=S(=O)=O)C=CC2=N1. The third-order valence-electron chi connectivity index (χ3n) is 1.97. The summed E-state index contributed by atoms with van der Waals surface area (Å²) >= 11 is 0. The van der Waals surface area contributed by atoms with E-state index in [1.54, 1.807) is 12.2 Å². The lowest BCUT2D eigenvalue weighted by Crippen LogP contribution is -2.04. The van der Waals surface area contributed by atoms with Crippen molar-refractivity contribution in [2.24, 2.45) is 9.98 Å². The molecule has 0 spiro atoms. The fourth-order valence-corrected chi connectivity index (χ4v) is 1.70. The van der Waals surface area contributed by atoms with Crippen LogP contribution in [0.3, 0.4) is 0 Å². The first kappa shape index (κ1) is 9.79. The predicted molar refractivity (Wildman–Crippen MR) is 60.8 cm³/mol. The van der Waals surface area contributed by atoms with Gasteiger partial charge < -0.3 is 0 Å². The number of allylic oxidation sites excluding steroid dienone is 3. The van der Waals surface area contributed by atoms with E-state index in [4.69, 9.17) is 0 Å². The molecule has 0 N–H and O–H groups in total. The molecule has 0 unspecified atom stereocenters. The average molecular weight is 220 g/mol. The third kappa shape index (κ3) is 1.87. The van der Waals surface area contributed by atoms with Crippen LogP contribution in [0.15, 0.2) is 46.6 Å². The first-order chi connectivity index (χ1) is 7.20. The average Bonchev–Trinajstić information content (AvgIpc) is 2.59. The molecule has 0 atom stereocenters. The van der Waals surface area contributed by atoms with E-state index in [1.807, 2.05) is 0 Å². The molecule has 0 aromatic heterocycles. The molecule has 0 radical (unpaired) electrons. The summed E-state index contributed by atoms with van der Waals surface area (Å²) in [7, 11) is -2.22. The molecule has 0 aromatic carbocycles. The second kappa shape index (κ2) is 3.78. The lowest BCUT2D eigenvalue weighted by Gasteiger charge is -1.99. The Morgan fingerprint density at radius 1 is 1.33 bits per heavy atom. The minimum Gasteiger partial charge on any atom is -0.231 e. The van der Waals surface area contributed by atoms with Crippen LogP contribution < -0.4 is 0 Å². The lowest BCUT2D eigenvalue weighted by atomic mass is 10.1. The first-order valence-corrected chi connectivity index (χ1v) is 5.41. The number of aliphatic imine (C=N–C) groups is 2. The van der Waals surface area contributed by atoms with Gasteiger partial charge in [-0.1, -0.05) is 6.08 Å². The Hall–Kier alpha value is -1.75. The number of hydrogen-bond donors (Lipinski definition) is 0. The molecule has 76 valence electrons. The van der Waals surface area contributed by atoms with Gasteiger partial charge in [0, 0.05) is 6.42 Å². The molecule has 0 fully saturated rings. The summed E-state index contributed by atoms with van der Waals surface area (Å²) in [5, 5.41) is 0. The highest BCUT2D eigenvalue weighted by Crippen LogP contribution is 2.16. The molecule has 0 bridgehead atoms. The van der Waals surface area contributed by atoms with Crippen LogP contribution in [-0.2, 0) is 10.3 Å². The van der Waals surface area contributed by atoms with Gasteiger partial charge in [-0.3, -0.25) is 0 Å². The van der Waals surface area contributed by atoms with Crippen LogP contribution in [0.4, 0.5) is 0 Å². The lowest BCUT2D eigenvalue weighted by molar-refractivity contribution is 0.627.